The molecule has 3 unspecified atom stereocenters. The highest BCUT2D eigenvalue weighted by Crippen LogP contribution is 2.27. The van der Waals surface area contributed by atoms with Gasteiger partial charge in [-0.1, -0.05) is 6.92 Å². The molecule has 0 aromatic heterocycles. The Balaban J connectivity index is 2.04. The minimum atomic E-state index is -0.429. The number of aliphatic hydroxyl groups is 1. The van der Waals surface area contributed by atoms with Gasteiger partial charge in [0, 0.05) is 31.3 Å². The molecule has 6 heteroatoms. The topological polar surface area (TPSA) is 69.6 Å². The van der Waals surface area contributed by atoms with Gasteiger partial charge in [0.25, 0.3) is 0 Å². The number of halogens is 1. The molecule has 1 aromatic rings. The average molecular weight is 322 g/mol. The van der Waals surface area contributed by atoms with Crippen molar-refractivity contribution in [2.45, 2.75) is 33.2 Å². The van der Waals surface area contributed by atoms with Crippen LogP contribution in [0.25, 0.3) is 0 Å². The Morgan fingerprint density at radius 1 is 1.48 bits per heavy atom. The van der Waals surface area contributed by atoms with Gasteiger partial charge < -0.3 is 15.3 Å². The molecule has 2 amide bonds. The molecule has 5 nitrogen and oxygen atoms in total. The van der Waals surface area contributed by atoms with E-state index >= 15 is 0 Å². The first-order chi connectivity index (χ1) is 10.8. The van der Waals surface area contributed by atoms with Gasteiger partial charge in [0.05, 0.1) is 5.92 Å². The molecule has 0 bridgehead atoms. The molecule has 2 N–H and O–H groups in total. The first kappa shape index (κ1) is 17.4. The van der Waals surface area contributed by atoms with Gasteiger partial charge in [-0.25, -0.2) is 4.39 Å². The van der Waals surface area contributed by atoms with Gasteiger partial charge in [0.1, 0.15) is 5.82 Å². The third kappa shape index (κ3) is 3.88. The lowest BCUT2D eigenvalue weighted by Crippen LogP contribution is -2.42. The summed E-state index contributed by atoms with van der Waals surface area (Å²) in [5.41, 5.74) is 1.08. The minimum Gasteiger partial charge on any atom is -0.396 e. The van der Waals surface area contributed by atoms with Gasteiger partial charge in [-0.3, -0.25) is 9.59 Å². The van der Waals surface area contributed by atoms with Crippen molar-refractivity contribution in [3.8, 4) is 0 Å². The van der Waals surface area contributed by atoms with Gasteiger partial charge in [0.2, 0.25) is 11.8 Å². The first-order valence-corrected chi connectivity index (χ1v) is 7.81. The summed E-state index contributed by atoms with van der Waals surface area (Å²) in [6, 6.07) is 4.34. The Kier molecular flexibility index (Phi) is 5.36. The van der Waals surface area contributed by atoms with Crippen LogP contribution in [0.4, 0.5) is 10.1 Å². The lowest BCUT2D eigenvalue weighted by atomic mass is 10.0. The molecule has 1 heterocycles. The van der Waals surface area contributed by atoms with Crippen LogP contribution in [0.3, 0.4) is 0 Å². The van der Waals surface area contributed by atoms with Gasteiger partial charge >= 0.3 is 0 Å². The van der Waals surface area contributed by atoms with E-state index in [2.05, 4.69) is 5.32 Å². The van der Waals surface area contributed by atoms with E-state index in [0.29, 0.717) is 11.3 Å². The second-order valence-corrected chi connectivity index (χ2v) is 6.30. The van der Waals surface area contributed by atoms with E-state index in [9.17, 15) is 14.0 Å². The number of carbonyl (C=O) groups is 2. The summed E-state index contributed by atoms with van der Waals surface area (Å²) < 4.78 is 13.4. The maximum Gasteiger partial charge on any atom is 0.227 e. The molecule has 0 radical (unpaired) electrons. The largest absolute Gasteiger partial charge is 0.396 e. The van der Waals surface area contributed by atoms with Crippen LogP contribution in [-0.2, 0) is 9.59 Å². The number of aryl methyl sites for hydroxylation is 1. The van der Waals surface area contributed by atoms with Crippen molar-refractivity contribution in [3.05, 3.63) is 29.6 Å². The summed E-state index contributed by atoms with van der Waals surface area (Å²) in [4.78, 5) is 26.0. The van der Waals surface area contributed by atoms with Crippen molar-refractivity contribution in [3.63, 3.8) is 0 Å². The molecule has 1 saturated heterocycles. The van der Waals surface area contributed by atoms with Crippen LogP contribution >= 0.6 is 0 Å². The van der Waals surface area contributed by atoms with Gasteiger partial charge in [-0.05, 0) is 43.5 Å². The van der Waals surface area contributed by atoms with E-state index in [1.807, 2.05) is 13.8 Å². The molecular formula is C17H23FN2O3. The fraction of sp³-hybridized carbons (Fsp3) is 0.529. The molecule has 1 fully saturated rings. The van der Waals surface area contributed by atoms with E-state index in [-0.39, 0.29) is 49.2 Å². The zero-order chi connectivity index (χ0) is 17.1. The number of nitrogens with one attached hydrogen (secondary N) is 1. The zero-order valence-electron chi connectivity index (χ0n) is 13.7. The molecular weight excluding hydrogens is 299 g/mol. The van der Waals surface area contributed by atoms with Crippen LogP contribution in [0.15, 0.2) is 18.2 Å². The van der Waals surface area contributed by atoms with Crippen LogP contribution in [0.5, 0.6) is 0 Å². The summed E-state index contributed by atoms with van der Waals surface area (Å²) in [7, 11) is 0. The standard InChI is InChI=1S/C17H23FN2O3/c1-10-6-14(4-5-15(10)18)20-8-13(7-16(20)22)17(23)19-12(3)11(2)9-21/h4-6,11-13,21H,7-9H2,1-3H3,(H,19,23). The first-order valence-electron chi connectivity index (χ1n) is 7.81. The van der Waals surface area contributed by atoms with Crippen molar-refractivity contribution in [1.29, 1.82) is 0 Å². The zero-order valence-corrected chi connectivity index (χ0v) is 13.7. The molecule has 2 rings (SSSR count). The Bertz CT molecular complexity index is 606. The highest BCUT2D eigenvalue weighted by molar-refractivity contribution is 6.00. The second-order valence-electron chi connectivity index (χ2n) is 6.30. The molecule has 1 aliphatic rings. The average Bonchev–Trinajstić information content (AvgIpc) is 2.91. The summed E-state index contributed by atoms with van der Waals surface area (Å²) in [6.45, 7) is 5.60. The number of carbonyl (C=O) groups excluding carboxylic acids is 2. The fourth-order valence-electron chi connectivity index (χ4n) is 2.57. The van der Waals surface area contributed by atoms with E-state index < -0.39 is 5.92 Å². The summed E-state index contributed by atoms with van der Waals surface area (Å²) in [6.07, 6.45) is 0.141. The minimum absolute atomic E-state index is 0.00791. The van der Waals surface area contributed by atoms with Crippen molar-refractivity contribution >= 4 is 17.5 Å². The van der Waals surface area contributed by atoms with E-state index in [0.717, 1.165) is 0 Å². The van der Waals surface area contributed by atoms with Crippen molar-refractivity contribution < 1.29 is 19.1 Å². The highest BCUT2D eigenvalue weighted by atomic mass is 19.1. The van der Waals surface area contributed by atoms with E-state index in [4.69, 9.17) is 5.11 Å². The van der Waals surface area contributed by atoms with Gasteiger partial charge in [-0.2, -0.15) is 0 Å². The number of hydrogen-bond donors (Lipinski definition) is 2. The summed E-state index contributed by atoms with van der Waals surface area (Å²) >= 11 is 0. The summed E-state index contributed by atoms with van der Waals surface area (Å²) in [5.74, 6) is -1.12. The monoisotopic (exact) mass is 322 g/mol. The van der Waals surface area contributed by atoms with Crippen LogP contribution in [-0.4, -0.2) is 36.1 Å². The SMILES string of the molecule is Cc1cc(N2CC(C(=O)NC(C)C(C)CO)CC2=O)ccc1F. The predicted molar refractivity (Wildman–Crippen MR) is 85.5 cm³/mol. The molecule has 23 heavy (non-hydrogen) atoms. The van der Waals surface area contributed by atoms with Crippen LogP contribution in [0.1, 0.15) is 25.8 Å². The van der Waals surface area contributed by atoms with Crippen LogP contribution < -0.4 is 10.2 Å². The van der Waals surface area contributed by atoms with E-state index in [1.54, 1.807) is 19.1 Å². The molecule has 3 atom stereocenters. The number of anilines is 1. The van der Waals surface area contributed by atoms with Gasteiger partial charge in [0.15, 0.2) is 0 Å². The number of rotatable bonds is 5. The fourth-order valence-corrected chi connectivity index (χ4v) is 2.57. The van der Waals surface area contributed by atoms with E-state index in [1.165, 1.54) is 11.0 Å². The maximum absolute atomic E-state index is 13.4. The lowest BCUT2D eigenvalue weighted by Gasteiger charge is -2.21. The number of hydrogen-bond acceptors (Lipinski definition) is 3. The quantitative estimate of drug-likeness (QED) is 0.865. The Hall–Kier alpha value is -1.95. The Morgan fingerprint density at radius 3 is 2.78 bits per heavy atom. The molecule has 0 spiro atoms. The molecule has 0 aliphatic carbocycles. The van der Waals surface area contributed by atoms with Crippen molar-refractivity contribution in [2.75, 3.05) is 18.1 Å². The van der Waals surface area contributed by atoms with Crippen LogP contribution in [0, 0.1) is 24.6 Å². The van der Waals surface area contributed by atoms with Crippen molar-refractivity contribution in [1.82, 2.24) is 5.32 Å². The molecule has 126 valence electrons. The van der Waals surface area contributed by atoms with Crippen molar-refractivity contribution in [2.24, 2.45) is 11.8 Å². The van der Waals surface area contributed by atoms with Gasteiger partial charge in [-0.15, -0.1) is 0 Å². The smallest absolute Gasteiger partial charge is 0.227 e. The third-order valence-corrected chi connectivity index (χ3v) is 4.46. The number of nitrogens with zero attached hydrogens (tertiary/aromatic N) is 1. The molecule has 0 saturated carbocycles. The highest BCUT2D eigenvalue weighted by Gasteiger charge is 2.35. The number of benzene rings is 1. The summed E-state index contributed by atoms with van der Waals surface area (Å²) in [5, 5.41) is 12.0. The molecule has 1 aliphatic heterocycles. The Labute approximate surface area is 135 Å². The normalized spacial score (nSPS) is 20.5. The predicted octanol–water partition coefficient (Wildman–Crippen LogP) is 1.62. The third-order valence-electron chi connectivity index (χ3n) is 4.46. The number of aliphatic hydroxyl groups excluding tert-OH is 1. The molecule has 1 aromatic carbocycles. The lowest BCUT2D eigenvalue weighted by molar-refractivity contribution is -0.127. The maximum atomic E-state index is 13.4. The van der Waals surface area contributed by atoms with Crippen LogP contribution in [0.2, 0.25) is 0 Å². The second kappa shape index (κ2) is 7.08. The Morgan fingerprint density at radius 2 is 2.17 bits per heavy atom. The number of amides is 2.